The molecule has 8 nitrogen and oxygen atoms in total. The highest BCUT2D eigenvalue weighted by Crippen LogP contribution is 2.66. The minimum atomic E-state index is -5.17. The average Bonchev–Trinajstić information content (AvgIpc) is 3.44. The lowest BCUT2D eigenvalue weighted by atomic mass is 9.70. The maximum absolute atomic E-state index is 12.9. The highest BCUT2D eigenvalue weighted by atomic mass is 32.3. The number of benzene rings is 2. The maximum Gasteiger partial charge on any atom is 0.165 e. The maximum atomic E-state index is 12.9. The molecule has 280 valence electrons. The summed E-state index contributed by atoms with van der Waals surface area (Å²) >= 11 is 0. The van der Waals surface area contributed by atoms with Crippen LogP contribution in [-0.4, -0.2) is 71.4 Å². The molecule has 0 heterocycles. The van der Waals surface area contributed by atoms with Crippen LogP contribution < -0.4 is 8.97 Å². The van der Waals surface area contributed by atoms with Crippen LogP contribution in [0.1, 0.15) is 89.5 Å². The first-order chi connectivity index (χ1) is 23.0. The molecule has 0 amide bonds. The van der Waals surface area contributed by atoms with Crippen LogP contribution in [0.5, 0.6) is 0 Å². The second-order valence-electron chi connectivity index (χ2n) is 18.7. The number of quaternary nitrogens is 2. The van der Waals surface area contributed by atoms with E-state index in [-0.39, 0.29) is 21.7 Å². The Hall–Kier alpha value is -2.95. The van der Waals surface area contributed by atoms with Gasteiger partial charge in [0.15, 0.2) is 11.6 Å². The van der Waals surface area contributed by atoms with Crippen LogP contribution in [0.25, 0.3) is 12.2 Å². The van der Waals surface area contributed by atoms with E-state index in [1.54, 1.807) is 0 Å². The standard InChI is InChI=1S/2C21H30NO.H2O4S/c2*1-14-12-15(8-9-18(14)22(5,6)7)13-16-17-10-11-21(4,19(16)23)20(17,2)3;1-5(2,3)4/h2*8-9,12-13,17H,10-11H2,1-7H3;(H2,1,2,3,4)/q2*+1;/p-2/b2*16-13+;. The first-order valence-electron chi connectivity index (χ1n) is 18.0. The Kier molecular flexibility index (Phi) is 10.5. The van der Waals surface area contributed by atoms with E-state index in [4.69, 9.17) is 17.5 Å². The zero-order valence-electron chi connectivity index (χ0n) is 33.4. The van der Waals surface area contributed by atoms with E-state index >= 15 is 0 Å². The summed E-state index contributed by atoms with van der Waals surface area (Å²) in [5.74, 6) is 1.59. The van der Waals surface area contributed by atoms with Crippen molar-refractivity contribution in [3.63, 3.8) is 0 Å². The fourth-order valence-corrected chi connectivity index (χ4v) is 9.59. The predicted molar refractivity (Wildman–Crippen MR) is 207 cm³/mol. The van der Waals surface area contributed by atoms with E-state index in [1.807, 2.05) is 0 Å². The fraction of sp³-hybridized carbons (Fsp3) is 0.571. The molecule has 6 rings (SSSR count). The van der Waals surface area contributed by atoms with Gasteiger partial charge in [-0.3, -0.25) is 27.0 Å². The van der Waals surface area contributed by atoms with Crippen molar-refractivity contribution >= 4 is 45.5 Å². The molecule has 4 fully saturated rings. The van der Waals surface area contributed by atoms with E-state index in [1.165, 1.54) is 22.5 Å². The molecule has 4 atom stereocenters. The second-order valence-corrected chi connectivity index (χ2v) is 19.5. The van der Waals surface area contributed by atoms with Crippen LogP contribution in [-0.2, 0) is 20.0 Å². The molecule has 4 unspecified atom stereocenters. The molecule has 4 aliphatic carbocycles. The molecule has 0 aliphatic heterocycles. The minimum Gasteiger partial charge on any atom is -0.759 e. The number of allylic oxidation sites excluding steroid dienone is 2. The van der Waals surface area contributed by atoms with Gasteiger partial charge in [-0.1, -0.05) is 41.5 Å². The SMILES string of the molecule is Cc1cc(/C=C2/C(=O)C3(C)CCC2C3(C)C)ccc1[N+](C)(C)C.Cc1cc(/C=C2/C(=O)C3(C)CCC2C3(C)C)ccc1[N+](C)(C)C.O=S(=O)([O-])[O-]. The van der Waals surface area contributed by atoms with Gasteiger partial charge in [-0.25, -0.2) is 0 Å². The zero-order valence-corrected chi connectivity index (χ0v) is 34.2. The monoisotopic (exact) mass is 720 g/mol. The zero-order chi connectivity index (χ0) is 38.9. The Morgan fingerprint density at radius 2 is 0.922 bits per heavy atom. The Labute approximate surface area is 307 Å². The molecule has 9 heteroatoms. The topological polar surface area (TPSA) is 114 Å². The third-order valence-corrected chi connectivity index (χ3v) is 13.3. The molecule has 4 aliphatic rings. The van der Waals surface area contributed by atoms with E-state index in [9.17, 15) is 9.59 Å². The van der Waals surface area contributed by atoms with Crippen molar-refractivity contribution in [2.45, 2.75) is 81.1 Å². The van der Waals surface area contributed by atoms with Crippen molar-refractivity contribution in [1.82, 2.24) is 8.97 Å². The lowest BCUT2D eigenvalue weighted by molar-refractivity contribution is -0.126. The van der Waals surface area contributed by atoms with Gasteiger partial charge in [-0.05, 0) is 133 Å². The van der Waals surface area contributed by atoms with Gasteiger partial charge in [0.25, 0.3) is 0 Å². The van der Waals surface area contributed by atoms with Crippen LogP contribution in [0.2, 0.25) is 0 Å². The third kappa shape index (κ3) is 7.47. The van der Waals surface area contributed by atoms with E-state index < -0.39 is 10.4 Å². The molecule has 4 bridgehead atoms. The number of nitrogens with zero attached hydrogens (tertiary/aromatic N) is 2. The number of ketones is 2. The van der Waals surface area contributed by atoms with Crippen molar-refractivity contribution in [3.8, 4) is 0 Å². The summed E-state index contributed by atoms with van der Waals surface area (Å²) in [6, 6.07) is 13.2. The van der Waals surface area contributed by atoms with E-state index in [0.717, 1.165) is 56.9 Å². The lowest BCUT2D eigenvalue weighted by Crippen LogP contribution is -2.35. The fourth-order valence-electron chi connectivity index (χ4n) is 9.59. The molecule has 2 aromatic rings. The molecule has 4 saturated carbocycles. The molecule has 0 radical (unpaired) electrons. The van der Waals surface area contributed by atoms with Crippen molar-refractivity contribution in [1.29, 1.82) is 0 Å². The van der Waals surface area contributed by atoms with Gasteiger partial charge >= 0.3 is 0 Å². The Bertz CT molecular complexity index is 1780. The van der Waals surface area contributed by atoms with Gasteiger partial charge in [0.2, 0.25) is 0 Å². The average molecular weight is 721 g/mol. The van der Waals surface area contributed by atoms with Crippen molar-refractivity contribution < 1.29 is 27.1 Å². The number of hydrogen-bond donors (Lipinski definition) is 0. The van der Waals surface area contributed by atoms with Crippen LogP contribution in [0, 0.1) is 47.3 Å². The molecular weight excluding hydrogens is 661 g/mol. The van der Waals surface area contributed by atoms with Crippen LogP contribution in [0.4, 0.5) is 11.4 Å². The Balaban J connectivity index is 0.000000202. The number of rotatable bonds is 4. The van der Waals surface area contributed by atoms with Crippen LogP contribution >= 0.6 is 0 Å². The van der Waals surface area contributed by atoms with Gasteiger partial charge in [0, 0.05) is 32.4 Å². The van der Waals surface area contributed by atoms with Gasteiger partial charge in [0.1, 0.15) is 11.4 Å². The van der Waals surface area contributed by atoms with Crippen molar-refractivity contribution in [2.24, 2.45) is 33.5 Å². The lowest BCUT2D eigenvalue weighted by Gasteiger charge is -2.31. The van der Waals surface area contributed by atoms with E-state index in [0.29, 0.717) is 23.4 Å². The number of fused-ring (bicyclic) bond motifs is 4. The summed E-state index contributed by atoms with van der Waals surface area (Å²) in [5.41, 5.74) is 9.49. The second kappa shape index (κ2) is 13.2. The smallest absolute Gasteiger partial charge is 0.165 e. The molecule has 51 heavy (non-hydrogen) atoms. The quantitative estimate of drug-likeness (QED) is 0.138. The van der Waals surface area contributed by atoms with Gasteiger partial charge in [-0.15, -0.1) is 0 Å². The summed E-state index contributed by atoms with van der Waals surface area (Å²) in [4.78, 5) is 25.9. The Morgan fingerprint density at radius 1 is 0.627 bits per heavy atom. The van der Waals surface area contributed by atoms with Gasteiger partial charge < -0.3 is 9.11 Å². The van der Waals surface area contributed by atoms with Crippen LogP contribution in [0.15, 0.2) is 47.5 Å². The molecule has 0 N–H and O–H groups in total. The van der Waals surface area contributed by atoms with Crippen molar-refractivity contribution in [3.05, 3.63) is 69.8 Å². The first-order valence-corrected chi connectivity index (χ1v) is 19.3. The van der Waals surface area contributed by atoms with Crippen molar-refractivity contribution in [2.75, 3.05) is 42.3 Å². The number of aryl methyl sites for hydroxylation is 2. The van der Waals surface area contributed by atoms with Gasteiger partial charge in [0.05, 0.1) is 42.3 Å². The number of hydrogen-bond acceptors (Lipinski definition) is 6. The first kappa shape index (κ1) is 40.8. The number of Topliss-reactive ketones (excluding diaryl/α,β-unsaturated/α-hetero) is 2. The van der Waals surface area contributed by atoms with Crippen LogP contribution in [0.3, 0.4) is 0 Å². The third-order valence-electron chi connectivity index (χ3n) is 13.3. The minimum absolute atomic E-state index is 0.0905. The summed E-state index contributed by atoms with van der Waals surface area (Å²) in [5, 5.41) is 0. The largest absolute Gasteiger partial charge is 0.759 e. The normalized spacial score (nSPS) is 29.3. The number of carbonyl (C=O) groups excluding carboxylic acids is 2. The summed E-state index contributed by atoms with van der Waals surface area (Å²) < 4.78 is 35.7. The molecular formula is C42H60N2O6S. The Morgan fingerprint density at radius 3 is 1.14 bits per heavy atom. The highest BCUT2D eigenvalue weighted by molar-refractivity contribution is 7.79. The predicted octanol–water partition coefficient (Wildman–Crippen LogP) is 7.86. The van der Waals surface area contributed by atoms with E-state index in [2.05, 4.69) is 146 Å². The molecule has 0 aromatic heterocycles. The molecule has 0 spiro atoms. The van der Waals surface area contributed by atoms with Gasteiger partial charge in [-0.2, -0.15) is 0 Å². The molecule has 0 saturated heterocycles. The number of carbonyl (C=O) groups is 2. The summed E-state index contributed by atoms with van der Waals surface area (Å²) in [7, 11) is 7.94. The molecule has 2 aromatic carbocycles. The highest BCUT2D eigenvalue weighted by Gasteiger charge is 2.64. The summed E-state index contributed by atoms with van der Waals surface area (Å²) in [6.45, 7) is 17.7. The summed E-state index contributed by atoms with van der Waals surface area (Å²) in [6.07, 6.45) is 8.70.